The van der Waals surface area contributed by atoms with Crippen LogP contribution in [0.1, 0.15) is 59.0 Å². The van der Waals surface area contributed by atoms with Gasteiger partial charge in [-0.05, 0) is 56.2 Å². The molecule has 0 aromatic heterocycles. The normalized spacial score (nSPS) is 10.8. The quantitative estimate of drug-likeness (QED) is 0.408. The number of amides is 1. The zero-order valence-electron chi connectivity index (χ0n) is 18.5. The Balaban J connectivity index is 2.35. The third kappa shape index (κ3) is 5.72. The fraction of sp³-hybridized carbons (Fsp3) is 0.360. The number of ketones is 1. The maximum Gasteiger partial charge on any atom is 0.253 e. The third-order valence-corrected chi connectivity index (χ3v) is 4.57. The van der Waals surface area contributed by atoms with Gasteiger partial charge in [-0.25, -0.2) is 0 Å². The van der Waals surface area contributed by atoms with Gasteiger partial charge in [-0.2, -0.15) is 0 Å². The number of hydrogen-bond acceptors (Lipinski definition) is 4. The zero-order chi connectivity index (χ0) is 22.1. The molecule has 0 fully saturated rings. The van der Waals surface area contributed by atoms with E-state index in [9.17, 15) is 9.59 Å². The maximum absolute atomic E-state index is 12.7. The van der Waals surface area contributed by atoms with Crippen molar-refractivity contribution in [2.45, 2.75) is 33.6 Å². The van der Waals surface area contributed by atoms with E-state index in [2.05, 4.69) is 6.92 Å². The summed E-state index contributed by atoms with van der Waals surface area (Å²) in [4.78, 5) is 26.2. The van der Waals surface area contributed by atoms with Gasteiger partial charge in [0.25, 0.3) is 5.91 Å². The minimum atomic E-state index is -0.148. The fourth-order valence-electron chi connectivity index (χ4n) is 3.14. The second-order valence-electron chi connectivity index (χ2n) is 7.06. The Hall–Kier alpha value is -3.08. The minimum Gasteiger partial charge on any atom is -0.493 e. The van der Waals surface area contributed by atoms with Crippen LogP contribution in [0.15, 0.2) is 42.5 Å². The molecule has 0 aliphatic carbocycles. The Bertz CT molecular complexity index is 898. The molecule has 0 heterocycles. The molecule has 2 rings (SSSR count). The van der Waals surface area contributed by atoms with Gasteiger partial charge in [0, 0.05) is 25.2 Å². The molecule has 160 valence electrons. The van der Waals surface area contributed by atoms with Crippen LogP contribution in [0.2, 0.25) is 0 Å². The van der Waals surface area contributed by atoms with Crippen LogP contribution < -0.4 is 9.47 Å². The summed E-state index contributed by atoms with van der Waals surface area (Å²) in [6.45, 7) is 7.04. The van der Waals surface area contributed by atoms with Crippen LogP contribution in [0.4, 0.5) is 0 Å². The van der Waals surface area contributed by atoms with E-state index in [4.69, 9.17) is 9.47 Å². The van der Waals surface area contributed by atoms with E-state index in [-0.39, 0.29) is 11.7 Å². The predicted octanol–water partition coefficient (Wildman–Crippen LogP) is 5.03. The number of allylic oxidation sites excluding steroid dienone is 1. The summed E-state index contributed by atoms with van der Waals surface area (Å²) >= 11 is 0. The molecular weight excluding hydrogens is 378 g/mol. The van der Waals surface area contributed by atoms with Gasteiger partial charge in [-0.1, -0.05) is 31.5 Å². The molecule has 0 N–H and O–H groups in total. The van der Waals surface area contributed by atoms with Crippen molar-refractivity contribution in [1.82, 2.24) is 4.90 Å². The summed E-state index contributed by atoms with van der Waals surface area (Å²) < 4.78 is 11.7. The first kappa shape index (κ1) is 23.2. The van der Waals surface area contributed by atoms with Gasteiger partial charge < -0.3 is 14.4 Å². The number of rotatable bonds is 10. The molecule has 0 saturated carbocycles. The Morgan fingerprint density at radius 3 is 2.10 bits per heavy atom. The van der Waals surface area contributed by atoms with Crippen LogP contribution in [0, 0.1) is 0 Å². The smallest absolute Gasteiger partial charge is 0.253 e. The number of carbonyl (C=O) groups is 2. The Kier molecular flexibility index (Phi) is 8.66. The number of aryl methyl sites for hydroxylation is 1. The highest BCUT2D eigenvalue weighted by molar-refractivity contribution is 6.07. The van der Waals surface area contributed by atoms with Gasteiger partial charge >= 0.3 is 0 Å². The second kappa shape index (κ2) is 11.2. The van der Waals surface area contributed by atoms with E-state index < -0.39 is 0 Å². The Labute approximate surface area is 179 Å². The first-order valence-corrected chi connectivity index (χ1v) is 10.4. The van der Waals surface area contributed by atoms with Crippen LogP contribution in [0.25, 0.3) is 6.08 Å². The van der Waals surface area contributed by atoms with Gasteiger partial charge in [0.05, 0.1) is 18.8 Å². The van der Waals surface area contributed by atoms with Crippen LogP contribution in [0.3, 0.4) is 0 Å². The van der Waals surface area contributed by atoms with Crippen molar-refractivity contribution in [1.29, 1.82) is 0 Å². The van der Waals surface area contributed by atoms with Crippen molar-refractivity contribution in [2.75, 3.05) is 27.3 Å². The molecule has 5 heteroatoms. The van der Waals surface area contributed by atoms with E-state index in [0.717, 1.165) is 29.7 Å². The molecule has 0 unspecified atom stereocenters. The fourth-order valence-corrected chi connectivity index (χ4v) is 3.14. The van der Waals surface area contributed by atoms with Crippen molar-refractivity contribution in [2.24, 2.45) is 0 Å². The van der Waals surface area contributed by atoms with Gasteiger partial charge in [0.2, 0.25) is 0 Å². The van der Waals surface area contributed by atoms with E-state index in [0.29, 0.717) is 30.1 Å². The van der Waals surface area contributed by atoms with Crippen molar-refractivity contribution in [3.63, 3.8) is 0 Å². The Morgan fingerprint density at radius 1 is 0.900 bits per heavy atom. The van der Waals surface area contributed by atoms with E-state index in [1.54, 1.807) is 44.4 Å². The summed E-state index contributed by atoms with van der Waals surface area (Å²) in [5.41, 5.74) is 2.94. The molecule has 0 aliphatic heterocycles. The van der Waals surface area contributed by atoms with Gasteiger partial charge in [-0.3, -0.25) is 9.59 Å². The number of benzene rings is 2. The van der Waals surface area contributed by atoms with Crippen LogP contribution in [-0.4, -0.2) is 43.9 Å². The predicted molar refractivity (Wildman–Crippen MR) is 121 cm³/mol. The highest BCUT2D eigenvalue weighted by Gasteiger charge is 2.14. The summed E-state index contributed by atoms with van der Waals surface area (Å²) in [6.07, 6.45) is 5.17. The van der Waals surface area contributed by atoms with Gasteiger partial charge in [-0.15, -0.1) is 0 Å². The highest BCUT2D eigenvalue weighted by Crippen LogP contribution is 2.35. The molecule has 2 aromatic carbocycles. The minimum absolute atomic E-state index is 0.0972. The molecule has 0 aliphatic rings. The topological polar surface area (TPSA) is 55.8 Å². The van der Waals surface area contributed by atoms with Crippen molar-refractivity contribution in [3.8, 4) is 11.5 Å². The summed E-state index contributed by atoms with van der Waals surface area (Å²) in [5, 5.41) is 0. The number of nitrogens with zero attached hydrogens (tertiary/aromatic N) is 1. The average molecular weight is 410 g/mol. The van der Waals surface area contributed by atoms with E-state index in [1.807, 2.05) is 26.0 Å². The number of carbonyl (C=O) groups excluding carboxylic acids is 2. The molecule has 0 radical (unpaired) electrons. The van der Waals surface area contributed by atoms with E-state index in [1.165, 1.54) is 11.0 Å². The van der Waals surface area contributed by atoms with Gasteiger partial charge in [0.1, 0.15) is 11.5 Å². The molecule has 1 amide bonds. The lowest BCUT2D eigenvalue weighted by molar-refractivity contribution is 0.0827. The highest BCUT2D eigenvalue weighted by atomic mass is 16.5. The number of hydrogen-bond donors (Lipinski definition) is 0. The molecule has 5 nitrogen and oxygen atoms in total. The molecule has 2 aromatic rings. The Morgan fingerprint density at radius 2 is 1.53 bits per heavy atom. The summed E-state index contributed by atoms with van der Waals surface area (Å²) in [7, 11) is 3.39. The SMILES string of the molecule is CCCc1ccc(OCC)c(C=CC(=O)c2ccc(C(=O)N(C)C)cc2)c1OCC. The van der Waals surface area contributed by atoms with Crippen LogP contribution in [0.5, 0.6) is 11.5 Å². The average Bonchev–Trinajstić information content (AvgIpc) is 2.74. The largest absolute Gasteiger partial charge is 0.493 e. The van der Waals surface area contributed by atoms with Crippen LogP contribution in [-0.2, 0) is 6.42 Å². The first-order valence-electron chi connectivity index (χ1n) is 10.4. The molecular formula is C25H31NO4. The van der Waals surface area contributed by atoms with Gasteiger partial charge in [0.15, 0.2) is 5.78 Å². The first-order chi connectivity index (χ1) is 14.4. The molecule has 30 heavy (non-hydrogen) atoms. The molecule has 0 atom stereocenters. The zero-order valence-corrected chi connectivity index (χ0v) is 18.5. The molecule has 0 spiro atoms. The lowest BCUT2D eigenvalue weighted by Gasteiger charge is -2.16. The summed E-state index contributed by atoms with van der Waals surface area (Å²) in [5.74, 6) is 1.21. The van der Waals surface area contributed by atoms with E-state index >= 15 is 0 Å². The second-order valence-corrected chi connectivity index (χ2v) is 7.06. The van der Waals surface area contributed by atoms with Crippen molar-refractivity contribution >= 4 is 17.8 Å². The third-order valence-electron chi connectivity index (χ3n) is 4.57. The number of ether oxygens (including phenoxy) is 2. The molecule has 0 bridgehead atoms. The monoisotopic (exact) mass is 409 g/mol. The van der Waals surface area contributed by atoms with Crippen LogP contribution >= 0.6 is 0 Å². The standard InChI is InChI=1S/C25H31NO4/c1-6-9-19-14-17-23(29-7-2)21(24(19)30-8-3)15-16-22(27)18-10-12-20(13-11-18)25(28)26(4)5/h10-17H,6-9H2,1-5H3. The lowest BCUT2D eigenvalue weighted by atomic mass is 10.0. The summed E-state index contributed by atoms with van der Waals surface area (Å²) in [6, 6.07) is 10.6. The van der Waals surface area contributed by atoms with Crippen molar-refractivity contribution < 1.29 is 19.1 Å². The molecule has 0 saturated heterocycles. The maximum atomic E-state index is 12.7. The van der Waals surface area contributed by atoms with Crippen molar-refractivity contribution in [3.05, 3.63) is 64.7 Å². The lowest BCUT2D eigenvalue weighted by Crippen LogP contribution is -2.21.